The van der Waals surface area contributed by atoms with E-state index in [0.29, 0.717) is 5.75 Å². The minimum Gasteiger partial charge on any atom is -0.492 e. The van der Waals surface area contributed by atoms with Crippen molar-refractivity contribution < 1.29 is 31.3 Å². The number of nitrogens with zero attached hydrogens (tertiary/aromatic N) is 3. The van der Waals surface area contributed by atoms with E-state index in [1.54, 1.807) is 6.92 Å². The van der Waals surface area contributed by atoms with E-state index >= 15 is 0 Å². The number of non-ortho nitro benzene ring substituents is 1. The molecule has 0 aliphatic rings. The van der Waals surface area contributed by atoms with Crippen LogP contribution in [0.25, 0.3) is 0 Å². The normalized spacial score (nSPS) is 12.7. The highest BCUT2D eigenvalue weighted by Gasteiger charge is 2.32. The summed E-state index contributed by atoms with van der Waals surface area (Å²) in [7, 11) is -4.66. The maximum atomic E-state index is 12.8. The smallest absolute Gasteiger partial charge is 0.271 e. The molecule has 0 aliphatic heterocycles. The second-order valence-electron chi connectivity index (χ2n) is 7.66. The number of hydrogen-bond acceptors (Lipinski definition) is 8. The van der Waals surface area contributed by atoms with Gasteiger partial charge in [0, 0.05) is 26.2 Å². The third-order valence-corrected chi connectivity index (χ3v) is 7.91. The monoisotopic (exact) mass is 528 g/mol. The minimum absolute atomic E-state index is 0.00714. The zero-order valence-electron chi connectivity index (χ0n) is 19.7. The molecule has 1 amide bonds. The zero-order chi connectivity index (χ0) is 26.4. The van der Waals surface area contributed by atoms with Crippen LogP contribution in [0.15, 0.2) is 53.4 Å². The van der Waals surface area contributed by atoms with Gasteiger partial charge in [0.1, 0.15) is 18.4 Å². The summed E-state index contributed by atoms with van der Waals surface area (Å²) in [5.41, 5.74) is -0.295. The third-order valence-electron chi connectivity index (χ3n) is 4.90. The molecule has 1 atom stereocenters. The Labute approximate surface area is 204 Å². The Balaban J connectivity index is 2.06. The van der Waals surface area contributed by atoms with E-state index in [-0.39, 0.29) is 35.8 Å². The molecule has 2 rings (SSSR count). The second-order valence-corrected chi connectivity index (χ2v) is 11.7. The van der Waals surface area contributed by atoms with Gasteiger partial charge in [-0.3, -0.25) is 19.2 Å². The van der Waals surface area contributed by atoms with Gasteiger partial charge in [0.25, 0.3) is 5.69 Å². The molecule has 0 aliphatic carbocycles. The Morgan fingerprint density at radius 1 is 1.11 bits per heavy atom. The standard InChI is InChI=1S/C21H28N4O8S2/c1-5-20(24(34(4,29)30)16-7-6-8-17(15-16)25(27)28)21(26)22-13-14-33-18-9-11-19(12-10-18)35(31,32)23(2)3/h6-12,15,20H,5,13-14H2,1-4H3,(H,22,26). The van der Waals surface area contributed by atoms with Crippen LogP contribution in [-0.4, -0.2) is 71.5 Å². The van der Waals surface area contributed by atoms with Crippen LogP contribution in [0, 0.1) is 10.1 Å². The molecule has 2 aromatic rings. The van der Waals surface area contributed by atoms with Gasteiger partial charge < -0.3 is 10.1 Å². The van der Waals surface area contributed by atoms with Crippen molar-refractivity contribution in [1.82, 2.24) is 9.62 Å². The van der Waals surface area contributed by atoms with E-state index in [4.69, 9.17) is 4.74 Å². The Morgan fingerprint density at radius 3 is 2.26 bits per heavy atom. The van der Waals surface area contributed by atoms with Crippen molar-refractivity contribution in [1.29, 1.82) is 0 Å². The van der Waals surface area contributed by atoms with Crippen molar-refractivity contribution in [2.75, 3.05) is 37.8 Å². The lowest BCUT2D eigenvalue weighted by molar-refractivity contribution is -0.384. The van der Waals surface area contributed by atoms with Crippen LogP contribution in [0.3, 0.4) is 0 Å². The lowest BCUT2D eigenvalue weighted by Crippen LogP contribution is -2.50. The Morgan fingerprint density at radius 2 is 1.74 bits per heavy atom. The van der Waals surface area contributed by atoms with E-state index in [1.165, 1.54) is 56.6 Å². The van der Waals surface area contributed by atoms with Gasteiger partial charge in [0.15, 0.2) is 0 Å². The molecule has 0 radical (unpaired) electrons. The van der Waals surface area contributed by atoms with E-state index in [1.807, 2.05) is 0 Å². The first-order chi connectivity index (χ1) is 16.3. The highest BCUT2D eigenvalue weighted by Crippen LogP contribution is 2.26. The van der Waals surface area contributed by atoms with Gasteiger partial charge in [-0.05, 0) is 36.8 Å². The fourth-order valence-electron chi connectivity index (χ4n) is 3.18. The summed E-state index contributed by atoms with van der Waals surface area (Å²) in [6, 6.07) is 9.69. The maximum Gasteiger partial charge on any atom is 0.271 e. The first-order valence-corrected chi connectivity index (χ1v) is 13.7. The SMILES string of the molecule is CCC(C(=O)NCCOc1ccc(S(=O)(=O)N(C)C)cc1)N(c1cccc([N+](=O)[O-])c1)S(C)(=O)=O. The zero-order valence-corrected chi connectivity index (χ0v) is 21.4. The number of rotatable bonds is 12. The number of nitro benzene ring substituents is 1. The van der Waals surface area contributed by atoms with Gasteiger partial charge in [-0.2, -0.15) is 0 Å². The number of amides is 1. The molecule has 0 spiro atoms. The van der Waals surface area contributed by atoms with Crippen molar-refractivity contribution in [2.45, 2.75) is 24.3 Å². The van der Waals surface area contributed by atoms with Gasteiger partial charge in [0.2, 0.25) is 26.0 Å². The fraction of sp³-hybridized carbons (Fsp3) is 0.381. The van der Waals surface area contributed by atoms with Gasteiger partial charge in [-0.15, -0.1) is 0 Å². The van der Waals surface area contributed by atoms with Crippen molar-refractivity contribution in [2.24, 2.45) is 0 Å². The quantitative estimate of drug-likeness (QED) is 0.247. The molecule has 0 bridgehead atoms. The number of nitrogens with one attached hydrogen (secondary N) is 1. The number of anilines is 1. The number of nitro groups is 1. The summed E-state index contributed by atoms with van der Waals surface area (Å²) in [5, 5.41) is 13.7. The summed E-state index contributed by atoms with van der Waals surface area (Å²) in [6.45, 7) is 1.71. The van der Waals surface area contributed by atoms with Crippen LogP contribution >= 0.6 is 0 Å². The predicted octanol–water partition coefficient (Wildman–Crippen LogP) is 1.58. The van der Waals surface area contributed by atoms with Crippen molar-refractivity contribution in [3.8, 4) is 5.75 Å². The Hall–Kier alpha value is -3.23. The number of benzene rings is 2. The first kappa shape index (κ1) is 28.0. The predicted molar refractivity (Wildman–Crippen MR) is 130 cm³/mol. The van der Waals surface area contributed by atoms with Gasteiger partial charge in [0.05, 0.1) is 28.3 Å². The first-order valence-electron chi connectivity index (χ1n) is 10.5. The lowest BCUT2D eigenvalue weighted by atomic mass is 10.2. The summed E-state index contributed by atoms with van der Waals surface area (Å²) in [4.78, 5) is 23.4. The molecule has 192 valence electrons. The average molecular weight is 529 g/mol. The molecular weight excluding hydrogens is 500 g/mol. The summed E-state index contributed by atoms with van der Waals surface area (Å²) in [6.07, 6.45) is 1.04. The highest BCUT2D eigenvalue weighted by molar-refractivity contribution is 7.92. The molecular formula is C21H28N4O8S2. The van der Waals surface area contributed by atoms with Gasteiger partial charge in [-0.1, -0.05) is 13.0 Å². The molecule has 0 saturated heterocycles. The summed E-state index contributed by atoms with van der Waals surface area (Å²) in [5.74, 6) is -0.209. The van der Waals surface area contributed by atoms with Crippen LogP contribution in [0.4, 0.5) is 11.4 Å². The van der Waals surface area contributed by atoms with E-state index < -0.39 is 36.9 Å². The number of hydrogen-bond donors (Lipinski definition) is 1. The molecule has 0 saturated carbocycles. The molecule has 1 unspecified atom stereocenters. The molecule has 1 N–H and O–H groups in total. The van der Waals surface area contributed by atoms with Crippen molar-refractivity contribution in [3.63, 3.8) is 0 Å². The molecule has 12 nitrogen and oxygen atoms in total. The van der Waals surface area contributed by atoms with Crippen LogP contribution in [-0.2, 0) is 24.8 Å². The van der Waals surface area contributed by atoms with Crippen LogP contribution in [0.5, 0.6) is 5.75 Å². The van der Waals surface area contributed by atoms with E-state index in [9.17, 15) is 31.7 Å². The van der Waals surface area contributed by atoms with E-state index in [0.717, 1.165) is 20.9 Å². The topological polar surface area (TPSA) is 156 Å². The Kier molecular flexibility index (Phi) is 9.18. The summed E-state index contributed by atoms with van der Waals surface area (Å²) < 4.78 is 56.7. The number of ether oxygens (including phenoxy) is 1. The molecule has 0 aromatic heterocycles. The third kappa shape index (κ3) is 7.13. The number of carbonyl (C=O) groups is 1. The molecule has 14 heteroatoms. The van der Waals surface area contributed by atoms with Crippen LogP contribution in [0.2, 0.25) is 0 Å². The Bertz CT molecular complexity index is 1260. The second kappa shape index (κ2) is 11.5. The van der Waals surface area contributed by atoms with Crippen molar-refractivity contribution in [3.05, 3.63) is 58.6 Å². The molecule has 0 heterocycles. The maximum absolute atomic E-state index is 12.8. The van der Waals surface area contributed by atoms with Crippen LogP contribution in [0.1, 0.15) is 13.3 Å². The average Bonchev–Trinajstić information content (AvgIpc) is 2.79. The highest BCUT2D eigenvalue weighted by atomic mass is 32.2. The lowest BCUT2D eigenvalue weighted by Gasteiger charge is -2.30. The minimum atomic E-state index is -3.95. The largest absolute Gasteiger partial charge is 0.492 e. The molecule has 35 heavy (non-hydrogen) atoms. The van der Waals surface area contributed by atoms with Gasteiger partial charge >= 0.3 is 0 Å². The van der Waals surface area contributed by atoms with Crippen LogP contribution < -0.4 is 14.4 Å². The summed E-state index contributed by atoms with van der Waals surface area (Å²) >= 11 is 0. The van der Waals surface area contributed by atoms with Crippen molar-refractivity contribution >= 4 is 37.3 Å². The fourth-order valence-corrected chi connectivity index (χ4v) is 5.29. The number of sulfonamides is 2. The van der Waals surface area contributed by atoms with E-state index in [2.05, 4.69) is 5.32 Å². The molecule has 0 fully saturated rings. The van der Waals surface area contributed by atoms with Gasteiger partial charge in [-0.25, -0.2) is 21.1 Å². The number of carbonyl (C=O) groups excluding carboxylic acids is 1. The molecule has 2 aromatic carbocycles.